The molecule has 0 bridgehead atoms. The third-order valence-electron chi connectivity index (χ3n) is 6.37. The summed E-state index contributed by atoms with van der Waals surface area (Å²) in [6.45, 7) is 4.29. The zero-order chi connectivity index (χ0) is 20.2. The molecule has 0 saturated heterocycles. The fraction of sp³-hybridized carbons (Fsp3) is 0.0667. The zero-order valence-electron chi connectivity index (χ0n) is 17.2. The number of hydrogen-bond donors (Lipinski definition) is 0. The molecular weight excluding hydrogens is 360 g/mol. The second kappa shape index (κ2) is 6.43. The first-order chi connectivity index (χ1) is 14.7. The summed E-state index contributed by atoms with van der Waals surface area (Å²) in [5, 5.41) is 2.70. The summed E-state index contributed by atoms with van der Waals surface area (Å²) < 4.78 is 0. The summed E-state index contributed by atoms with van der Waals surface area (Å²) in [6, 6.07) is 35.9. The van der Waals surface area contributed by atoms with Crippen molar-refractivity contribution in [3.63, 3.8) is 0 Å². The molecule has 142 valence electrons. The molecule has 30 heavy (non-hydrogen) atoms. The van der Waals surface area contributed by atoms with Gasteiger partial charge >= 0.3 is 0 Å². The van der Waals surface area contributed by atoms with Crippen molar-refractivity contribution in [2.45, 2.75) is 13.8 Å². The molecule has 0 radical (unpaired) electrons. The smallest absolute Gasteiger partial charge is 0.00264 e. The summed E-state index contributed by atoms with van der Waals surface area (Å²) in [6.07, 6.45) is 0. The minimum Gasteiger partial charge on any atom is -0.0610 e. The van der Waals surface area contributed by atoms with Crippen molar-refractivity contribution >= 4 is 10.8 Å². The van der Waals surface area contributed by atoms with Gasteiger partial charge in [0.25, 0.3) is 0 Å². The topological polar surface area (TPSA) is 0 Å². The molecule has 1 aliphatic rings. The third kappa shape index (κ3) is 2.54. The molecule has 0 atom stereocenters. The second-order valence-corrected chi connectivity index (χ2v) is 8.38. The van der Waals surface area contributed by atoms with Gasteiger partial charge in [-0.3, -0.25) is 0 Å². The van der Waals surface area contributed by atoms with Crippen LogP contribution >= 0.6 is 0 Å². The Morgan fingerprint density at radius 3 is 1.27 bits per heavy atom. The quantitative estimate of drug-likeness (QED) is 0.282. The molecule has 0 nitrogen and oxygen atoms in total. The van der Waals surface area contributed by atoms with Crippen LogP contribution in [0.15, 0.2) is 97.1 Å². The van der Waals surface area contributed by atoms with Crippen LogP contribution in [0.2, 0.25) is 0 Å². The Morgan fingerprint density at radius 1 is 0.400 bits per heavy atom. The number of aryl methyl sites for hydroxylation is 2. The van der Waals surface area contributed by atoms with Gasteiger partial charge < -0.3 is 0 Å². The van der Waals surface area contributed by atoms with Crippen molar-refractivity contribution in [1.29, 1.82) is 0 Å². The Balaban J connectivity index is 1.69. The van der Waals surface area contributed by atoms with E-state index in [1.807, 2.05) is 0 Å². The van der Waals surface area contributed by atoms with E-state index in [4.69, 9.17) is 0 Å². The molecule has 0 aromatic heterocycles. The lowest BCUT2D eigenvalue weighted by atomic mass is 9.89. The average Bonchev–Trinajstić information content (AvgIpc) is 3.09. The van der Waals surface area contributed by atoms with E-state index in [1.54, 1.807) is 0 Å². The maximum absolute atomic E-state index is 2.41. The lowest BCUT2D eigenvalue weighted by Crippen LogP contribution is -1.89. The van der Waals surface area contributed by atoms with Crippen LogP contribution in [-0.2, 0) is 0 Å². The predicted octanol–water partition coefficient (Wildman–Crippen LogP) is 8.44. The molecule has 5 aromatic rings. The van der Waals surface area contributed by atoms with Crippen LogP contribution in [0, 0.1) is 13.8 Å². The van der Waals surface area contributed by atoms with Crippen molar-refractivity contribution in [3.8, 4) is 44.5 Å². The first-order valence-corrected chi connectivity index (χ1v) is 10.5. The third-order valence-corrected chi connectivity index (χ3v) is 6.37. The maximum atomic E-state index is 2.41. The second-order valence-electron chi connectivity index (χ2n) is 8.38. The summed E-state index contributed by atoms with van der Waals surface area (Å²) in [5.41, 5.74) is 13.1. The number of benzene rings is 5. The SMILES string of the molecule is Cc1ccc(-c2cc3c(cc2-c2ccc(C)cc2)-c2cccc4cccc-3c24)cc1. The zero-order valence-corrected chi connectivity index (χ0v) is 17.2. The summed E-state index contributed by atoms with van der Waals surface area (Å²) in [4.78, 5) is 0. The maximum Gasteiger partial charge on any atom is -0.00264 e. The van der Waals surface area contributed by atoms with E-state index < -0.39 is 0 Å². The van der Waals surface area contributed by atoms with Crippen molar-refractivity contribution in [1.82, 2.24) is 0 Å². The van der Waals surface area contributed by atoms with Gasteiger partial charge in [0, 0.05) is 0 Å². The highest BCUT2D eigenvalue weighted by Gasteiger charge is 2.23. The summed E-state index contributed by atoms with van der Waals surface area (Å²) in [5.74, 6) is 0. The average molecular weight is 383 g/mol. The normalized spacial score (nSPS) is 11.7. The molecule has 0 amide bonds. The van der Waals surface area contributed by atoms with Crippen LogP contribution in [-0.4, -0.2) is 0 Å². The van der Waals surface area contributed by atoms with E-state index in [-0.39, 0.29) is 0 Å². The van der Waals surface area contributed by atoms with Crippen LogP contribution < -0.4 is 0 Å². The first-order valence-electron chi connectivity index (χ1n) is 10.5. The van der Waals surface area contributed by atoms with Gasteiger partial charge in [0.2, 0.25) is 0 Å². The van der Waals surface area contributed by atoms with Gasteiger partial charge in [-0.05, 0) is 81.3 Å². The monoisotopic (exact) mass is 382 g/mol. The summed E-state index contributed by atoms with van der Waals surface area (Å²) >= 11 is 0. The molecule has 0 fully saturated rings. The Hall–Kier alpha value is -3.64. The van der Waals surface area contributed by atoms with Gasteiger partial charge in [0.15, 0.2) is 0 Å². The van der Waals surface area contributed by atoms with Crippen LogP contribution in [0.5, 0.6) is 0 Å². The van der Waals surface area contributed by atoms with Gasteiger partial charge in [-0.15, -0.1) is 0 Å². The van der Waals surface area contributed by atoms with Crippen LogP contribution in [0.25, 0.3) is 55.3 Å². The van der Waals surface area contributed by atoms with Gasteiger partial charge in [-0.1, -0.05) is 96.1 Å². The number of hydrogen-bond acceptors (Lipinski definition) is 0. The lowest BCUT2D eigenvalue weighted by molar-refractivity contribution is 1.46. The molecule has 0 spiro atoms. The first kappa shape index (κ1) is 17.2. The highest BCUT2D eigenvalue weighted by Crippen LogP contribution is 2.50. The van der Waals surface area contributed by atoms with E-state index in [2.05, 4.69) is 111 Å². The van der Waals surface area contributed by atoms with Crippen LogP contribution in [0.3, 0.4) is 0 Å². The van der Waals surface area contributed by atoms with Crippen molar-refractivity contribution < 1.29 is 0 Å². The Morgan fingerprint density at radius 2 is 0.833 bits per heavy atom. The van der Waals surface area contributed by atoms with E-state index in [0.29, 0.717) is 0 Å². The Bertz CT molecular complexity index is 1310. The minimum absolute atomic E-state index is 1.27. The highest BCUT2D eigenvalue weighted by molar-refractivity contribution is 6.16. The van der Waals surface area contributed by atoms with Gasteiger partial charge in [-0.2, -0.15) is 0 Å². The van der Waals surface area contributed by atoms with E-state index in [1.165, 1.54) is 66.4 Å². The minimum atomic E-state index is 1.27. The molecule has 0 heteroatoms. The van der Waals surface area contributed by atoms with Crippen molar-refractivity contribution in [3.05, 3.63) is 108 Å². The Kier molecular flexibility index (Phi) is 3.70. The summed E-state index contributed by atoms with van der Waals surface area (Å²) in [7, 11) is 0. The molecule has 5 aromatic carbocycles. The van der Waals surface area contributed by atoms with Gasteiger partial charge in [-0.25, -0.2) is 0 Å². The highest BCUT2D eigenvalue weighted by atomic mass is 14.3. The van der Waals surface area contributed by atoms with Crippen molar-refractivity contribution in [2.24, 2.45) is 0 Å². The van der Waals surface area contributed by atoms with Crippen molar-refractivity contribution in [2.75, 3.05) is 0 Å². The van der Waals surface area contributed by atoms with E-state index in [0.717, 1.165) is 0 Å². The fourth-order valence-electron chi connectivity index (χ4n) is 4.78. The largest absolute Gasteiger partial charge is 0.0610 e. The number of rotatable bonds is 2. The molecule has 0 aliphatic heterocycles. The molecule has 0 unspecified atom stereocenters. The number of fused-ring (bicyclic) bond motifs is 3. The molecule has 1 aliphatic carbocycles. The molecule has 0 N–H and O–H groups in total. The molecule has 6 rings (SSSR count). The van der Waals surface area contributed by atoms with E-state index >= 15 is 0 Å². The predicted molar refractivity (Wildman–Crippen MR) is 129 cm³/mol. The Labute approximate surface area is 177 Å². The fourth-order valence-corrected chi connectivity index (χ4v) is 4.78. The van der Waals surface area contributed by atoms with Crippen LogP contribution in [0.1, 0.15) is 11.1 Å². The van der Waals surface area contributed by atoms with Crippen LogP contribution in [0.4, 0.5) is 0 Å². The van der Waals surface area contributed by atoms with Gasteiger partial charge in [0.1, 0.15) is 0 Å². The molecule has 0 heterocycles. The molecular formula is C30H22. The van der Waals surface area contributed by atoms with E-state index in [9.17, 15) is 0 Å². The standard InChI is InChI=1S/C30H22/c1-19-9-13-21(14-10-19)26-17-28-24-7-3-5-23-6-4-8-25(30(23)24)29(28)18-27(26)22-15-11-20(2)12-16-22/h3-18H,1-2H3. The molecule has 0 saturated carbocycles. The lowest BCUT2D eigenvalue weighted by Gasteiger charge is -2.15. The van der Waals surface area contributed by atoms with Gasteiger partial charge in [0.05, 0.1) is 0 Å².